The van der Waals surface area contributed by atoms with Crippen LogP contribution in [0, 0.1) is 0 Å². The highest BCUT2D eigenvalue weighted by atomic mass is 16.5. The van der Waals surface area contributed by atoms with Crippen molar-refractivity contribution in [2.45, 2.75) is 25.7 Å². The molecular weight excluding hydrogens is 324 g/mol. The van der Waals surface area contributed by atoms with E-state index in [2.05, 4.69) is 12.6 Å². The summed E-state index contributed by atoms with van der Waals surface area (Å²) in [5.41, 5.74) is 2.28. The summed E-state index contributed by atoms with van der Waals surface area (Å²) in [6.07, 6.45) is 1.55. The van der Waals surface area contributed by atoms with Crippen molar-refractivity contribution < 1.29 is 29.2 Å². The number of hydrogen-bond acceptors (Lipinski definition) is 5. The molecule has 0 saturated heterocycles. The molecule has 0 amide bonds. The molecule has 2 N–H and O–H groups in total. The Bertz CT molecular complexity index is 635. The second-order valence-corrected chi connectivity index (χ2v) is 5.53. The van der Waals surface area contributed by atoms with Crippen LogP contribution in [-0.4, -0.2) is 44.1 Å². The van der Waals surface area contributed by atoms with E-state index in [1.165, 1.54) is 6.92 Å². The Labute approximate surface area is 148 Å². The van der Waals surface area contributed by atoms with Crippen LogP contribution in [0.5, 0.6) is 5.75 Å². The molecule has 0 aromatic heterocycles. The van der Waals surface area contributed by atoms with Gasteiger partial charge in [-0.2, -0.15) is 0 Å². The third-order valence-electron chi connectivity index (χ3n) is 3.86. The second kappa shape index (κ2) is 9.74. The number of methoxy groups -OCH3 is 3. The lowest BCUT2D eigenvalue weighted by atomic mass is 9.95. The Hall–Kier alpha value is -2.47. The highest BCUT2D eigenvalue weighted by Crippen LogP contribution is 2.48. The summed E-state index contributed by atoms with van der Waals surface area (Å²) in [6.45, 7) is 4.78. The number of fused-ring (bicyclic) bond motifs is 1. The zero-order chi connectivity index (χ0) is 19.0. The molecule has 0 aliphatic heterocycles. The monoisotopic (exact) mass is 350 g/mol. The van der Waals surface area contributed by atoms with Crippen LogP contribution in [0.2, 0.25) is 0 Å². The predicted octanol–water partition coefficient (Wildman–Crippen LogP) is 3.17. The standard InChI is InChI=1S/C15H20O4.C4H6O2/c1-17-12-8-4-6-10-11(7-5-9-16)14(18-2)15(19-3)13(10)12;1-3(2)4(5)6/h4,6,8,11,16H,5,7,9H2,1-3H3;1H2,2H3,(H,5,6). The first kappa shape index (κ1) is 20.6. The zero-order valence-corrected chi connectivity index (χ0v) is 15.2. The van der Waals surface area contributed by atoms with Crippen molar-refractivity contribution in [2.24, 2.45) is 0 Å². The van der Waals surface area contributed by atoms with Crippen LogP contribution < -0.4 is 4.74 Å². The fourth-order valence-electron chi connectivity index (χ4n) is 2.69. The summed E-state index contributed by atoms with van der Waals surface area (Å²) in [5, 5.41) is 16.9. The number of aliphatic hydroxyl groups is 1. The van der Waals surface area contributed by atoms with Gasteiger partial charge in [0.15, 0.2) is 5.76 Å². The Morgan fingerprint density at radius 3 is 2.28 bits per heavy atom. The molecule has 0 heterocycles. The molecule has 138 valence electrons. The number of allylic oxidation sites excluding steroid dienone is 1. The summed E-state index contributed by atoms with van der Waals surface area (Å²) < 4.78 is 16.4. The number of carboxylic acid groups (broad SMARTS) is 1. The van der Waals surface area contributed by atoms with Gasteiger partial charge in [0.1, 0.15) is 11.5 Å². The van der Waals surface area contributed by atoms with Crippen molar-refractivity contribution in [1.29, 1.82) is 0 Å². The number of hydrogen-bond donors (Lipinski definition) is 2. The molecule has 1 atom stereocenters. The Kier molecular flexibility index (Phi) is 8.01. The number of aliphatic carboxylic acids is 1. The molecule has 2 rings (SSSR count). The van der Waals surface area contributed by atoms with Crippen molar-refractivity contribution >= 4 is 11.7 Å². The van der Waals surface area contributed by atoms with E-state index in [9.17, 15) is 4.79 Å². The Morgan fingerprint density at radius 1 is 1.20 bits per heavy atom. The van der Waals surface area contributed by atoms with Gasteiger partial charge in [0.25, 0.3) is 0 Å². The first-order chi connectivity index (χ1) is 11.9. The summed E-state index contributed by atoms with van der Waals surface area (Å²) in [5.74, 6) is 1.52. The smallest absolute Gasteiger partial charge is 0.330 e. The molecule has 6 heteroatoms. The van der Waals surface area contributed by atoms with Gasteiger partial charge in [0.2, 0.25) is 0 Å². The first-order valence-electron chi connectivity index (χ1n) is 7.91. The van der Waals surface area contributed by atoms with Crippen LogP contribution in [0.3, 0.4) is 0 Å². The van der Waals surface area contributed by atoms with Gasteiger partial charge >= 0.3 is 5.97 Å². The SMILES string of the molecule is C=C(C)C(=O)O.COC1=C(OC)C(CCCO)c2cccc(OC)c21. The largest absolute Gasteiger partial charge is 0.497 e. The molecule has 1 aromatic carbocycles. The minimum atomic E-state index is -0.935. The molecule has 25 heavy (non-hydrogen) atoms. The predicted molar refractivity (Wildman–Crippen MR) is 95.4 cm³/mol. The van der Waals surface area contributed by atoms with Crippen LogP contribution in [0.15, 0.2) is 36.1 Å². The molecule has 1 aromatic rings. The minimum Gasteiger partial charge on any atom is -0.497 e. The van der Waals surface area contributed by atoms with Crippen molar-refractivity contribution in [2.75, 3.05) is 27.9 Å². The third kappa shape index (κ3) is 4.76. The van der Waals surface area contributed by atoms with E-state index in [0.29, 0.717) is 0 Å². The highest BCUT2D eigenvalue weighted by Gasteiger charge is 2.35. The van der Waals surface area contributed by atoms with E-state index < -0.39 is 5.97 Å². The molecule has 0 radical (unpaired) electrons. The topological polar surface area (TPSA) is 85.2 Å². The molecule has 0 bridgehead atoms. The molecular formula is C19H26O6. The lowest BCUT2D eigenvalue weighted by Crippen LogP contribution is -2.02. The van der Waals surface area contributed by atoms with Gasteiger partial charge in [-0.1, -0.05) is 18.7 Å². The molecule has 0 saturated carbocycles. The van der Waals surface area contributed by atoms with E-state index in [1.54, 1.807) is 21.3 Å². The Balaban J connectivity index is 0.000000450. The number of aliphatic hydroxyl groups excluding tert-OH is 1. The van der Waals surface area contributed by atoms with Gasteiger partial charge in [0.05, 0.1) is 26.9 Å². The molecule has 1 aliphatic rings. The van der Waals surface area contributed by atoms with Crippen LogP contribution >= 0.6 is 0 Å². The number of carbonyl (C=O) groups is 1. The average molecular weight is 350 g/mol. The molecule has 6 nitrogen and oxygen atoms in total. The van der Waals surface area contributed by atoms with E-state index in [0.717, 1.165) is 41.2 Å². The first-order valence-corrected chi connectivity index (χ1v) is 7.91. The lowest BCUT2D eigenvalue weighted by Gasteiger charge is -2.14. The maximum Gasteiger partial charge on any atom is 0.330 e. The second-order valence-electron chi connectivity index (χ2n) is 5.53. The van der Waals surface area contributed by atoms with Crippen LogP contribution in [0.1, 0.15) is 36.8 Å². The molecule has 0 spiro atoms. The van der Waals surface area contributed by atoms with Crippen molar-refractivity contribution in [1.82, 2.24) is 0 Å². The lowest BCUT2D eigenvalue weighted by molar-refractivity contribution is -0.132. The van der Waals surface area contributed by atoms with E-state index in [4.69, 9.17) is 24.4 Å². The van der Waals surface area contributed by atoms with E-state index in [1.807, 2.05) is 12.1 Å². The molecule has 0 fully saturated rings. The fourth-order valence-corrected chi connectivity index (χ4v) is 2.69. The van der Waals surface area contributed by atoms with Gasteiger partial charge in [0, 0.05) is 18.1 Å². The van der Waals surface area contributed by atoms with Crippen LogP contribution in [0.4, 0.5) is 0 Å². The molecule has 1 unspecified atom stereocenters. The fraction of sp³-hybridized carbons (Fsp3) is 0.421. The molecule has 1 aliphatic carbocycles. The van der Waals surface area contributed by atoms with Crippen molar-refractivity contribution in [3.63, 3.8) is 0 Å². The third-order valence-corrected chi connectivity index (χ3v) is 3.86. The van der Waals surface area contributed by atoms with Crippen molar-refractivity contribution in [3.05, 3.63) is 47.2 Å². The number of carboxylic acids is 1. The maximum atomic E-state index is 9.60. The quantitative estimate of drug-likeness (QED) is 0.735. The summed E-state index contributed by atoms with van der Waals surface area (Å²) in [7, 11) is 4.94. The normalized spacial score (nSPS) is 15.0. The minimum absolute atomic E-state index is 0.122. The number of benzene rings is 1. The van der Waals surface area contributed by atoms with Crippen molar-refractivity contribution in [3.8, 4) is 5.75 Å². The van der Waals surface area contributed by atoms with Gasteiger partial charge in [-0.05, 0) is 31.4 Å². The zero-order valence-electron chi connectivity index (χ0n) is 15.2. The number of rotatable bonds is 7. The van der Waals surface area contributed by atoms with Crippen LogP contribution in [0.25, 0.3) is 5.76 Å². The summed E-state index contributed by atoms with van der Waals surface area (Å²) >= 11 is 0. The van der Waals surface area contributed by atoms with E-state index >= 15 is 0 Å². The van der Waals surface area contributed by atoms with Crippen LogP contribution in [-0.2, 0) is 14.3 Å². The Morgan fingerprint density at radius 2 is 1.84 bits per heavy atom. The van der Waals surface area contributed by atoms with Gasteiger partial charge in [-0.25, -0.2) is 4.79 Å². The summed E-state index contributed by atoms with van der Waals surface area (Å²) in [6, 6.07) is 5.94. The maximum absolute atomic E-state index is 9.60. The van der Waals surface area contributed by atoms with Gasteiger partial charge in [-0.3, -0.25) is 0 Å². The van der Waals surface area contributed by atoms with E-state index in [-0.39, 0.29) is 18.1 Å². The average Bonchev–Trinajstić information content (AvgIpc) is 2.92. The van der Waals surface area contributed by atoms with Gasteiger partial charge in [-0.15, -0.1) is 0 Å². The summed E-state index contributed by atoms with van der Waals surface area (Å²) in [4.78, 5) is 9.60. The number of ether oxygens (including phenoxy) is 3. The highest BCUT2D eigenvalue weighted by molar-refractivity contribution is 5.84. The van der Waals surface area contributed by atoms with Gasteiger partial charge < -0.3 is 24.4 Å².